The molecule has 2 rings (SSSR count). The number of hydrogen-bond acceptors (Lipinski definition) is 4. The first-order chi connectivity index (χ1) is 7.26. The van der Waals surface area contributed by atoms with Crippen molar-refractivity contribution in [3.63, 3.8) is 0 Å². The fourth-order valence-electron chi connectivity index (χ4n) is 2.27. The largest absolute Gasteiger partial charge is 0.396 e. The number of rotatable bonds is 2. The molecule has 1 aliphatic carbocycles. The lowest BCUT2D eigenvalue weighted by Crippen LogP contribution is -2.12. The van der Waals surface area contributed by atoms with Crippen LogP contribution in [0.5, 0.6) is 0 Å². The molecule has 1 aromatic rings. The molecule has 0 atom stereocenters. The summed E-state index contributed by atoms with van der Waals surface area (Å²) in [5.74, 6) is 1.19. The van der Waals surface area contributed by atoms with Gasteiger partial charge in [-0.2, -0.15) is 0 Å². The van der Waals surface area contributed by atoms with E-state index in [-0.39, 0.29) is 10.8 Å². The Labute approximate surface area is 96.4 Å². The van der Waals surface area contributed by atoms with Gasteiger partial charge in [-0.05, 0) is 23.0 Å². The lowest BCUT2D eigenvalue weighted by molar-refractivity contribution is 0.457. The highest BCUT2D eigenvalue weighted by Gasteiger charge is 2.65. The molecule has 0 saturated heterocycles. The van der Waals surface area contributed by atoms with Crippen molar-refractivity contribution in [2.24, 2.45) is 10.8 Å². The summed E-state index contributed by atoms with van der Waals surface area (Å²) >= 11 is 0. The van der Waals surface area contributed by atoms with Gasteiger partial charge in [-0.25, -0.2) is 4.98 Å². The Morgan fingerprint density at radius 2 is 1.69 bits per heavy atom. The Morgan fingerprint density at radius 1 is 1.12 bits per heavy atom. The fourth-order valence-corrected chi connectivity index (χ4v) is 2.27. The average molecular weight is 220 g/mol. The minimum atomic E-state index is 0.283. The first kappa shape index (κ1) is 11.0. The molecule has 0 aliphatic heterocycles. The molecule has 0 unspecified atom stereocenters. The molecule has 0 aromatic carbocycles. The summed E-state index contributed by atoms with van der Waals surface area (Å²) in [6, 6.07) is 4.08. The van der Waals surface area contributed by atoms with Crippen molar-refractivity contribution in [2.45, 2.75) is 33.7 Å². The lowest BCUT2D eigenvalue weighted by atomic mass is 10.0. The second kappa shape index (κ2) is 3.03. The van der Waals surface area contributed by atoms with Crippen molar-refractivity contribution in [1.82, 2.24) is 4.98 Å². The SMILES string of the molecule is CC1(C)C(Nc2ccc(N)c(N)n2)C1(C)C. The highest BCUT2D eigenvalue weighted by Crippen LogP contribution is 2.63. The van der Waals surface area contributed by atoms with Crippen LogP contribution >= 0.6 is 0 Å². The Hall–Kier alpha value is -1.45. The third kappa shape index (κ3) is 1.40. The van der Waals surface area contributed by atoms with Gasteiger partial charge >= 0.3 is 0 Å². The van der Waals surface area contributed by atoms with Crippen molar-refractivity contribution in [2.75, 3.05) is 16.8 Å². The number of nitrogen functional groups attached to an aromatic ring is 2. The number of pyridine rings is 1. The molecule has 88 valence electrons. The molecule has 4 heteroatoms. The first-order valence-corrected chi connectivity index (χ1v) is 5.55. The third-order valence-corrected chi connectivity index (χ3v) is 4.27. The van der Waals surface area contributed by atoms with Crippen LogP contribution in [-0.2, 0) is 0 Å². The molecule has 1 aromatic heterocycles. The van der Waals surface area contributed by atoms with E-state index in [1.807, 2.05) is 6.07 Å². The highest BCUT2D eigenvalue weighted by molar-refractivity contribution is 5.62. The number of hydrogen-bond donors (Lipinski definition) is 3. The van der Waals surface area contributed by atoms with Crippen molar-refractivity contribution < 1.29 is 0 Å². The third-order valence-electron chi connectivity index (χ3n) is 4.27. The highest BCUT2D eigenvalue weighted by atomic mass is 15.1. The van der Waals surface area contributed by atoms with Crippen LogP contribution in [0.1, 0.15) is 27.7 Å². The monoisotopic (exact) mass is 220 g/mol. The van der Waals surface area contributed by atoms with Crippen molar-refractivity contribution >= 4 is 17.3 Å². The number of nitrogens with one attached hydrogen (secondary N) is 1. The molecule has 1 aliphatic rings. The van der Waals surface area contributed by atoms with E-state index in [1.165, 1.54) is 0 Å². The minimum Gasteiger partial charge on any atom is -0.396 e. The summed E-state index contributed by atoms with van der Waals surface area (Å²) in [5, 5.41) is 3.42. The minimum absolute atomic E-state index is 0.283. The second-order valence-corrected chi connectivity index (χ2v) is 5.69. The van der Waals surface area contributed by atoms with Crippen LogP contribution in [0.2, 0.25) is 0 Å². The van der Waals surface area contributed by atoms with Gasteiger partial charge in [0.25, 0.3) is 0 Å². The standard InChI is InChI=1S/C12H20N4/c1-11(2)10(12(11,3)4)16-8-6-5-7(13)9(14)15-8/h5-6,10H,13H2,1-4H3,(H3,14,15,16). The van der Waals surface area contributed by atoms with Crippen LogP contribution in [0.25, 0.3) is 0 Å². The summed E-state index contributed by atoms with van der Waals surface area (Å²) in [5.41, 5.74) is 12.4. The Kier molecular flexibility index (Phi) is 2.09. The van der Waals surface area contributed by atoms with Gasteiger partial charge in [0, 0.05) is 6.04 Å². The van der Waals surface area contributed by atoms with Crippen LogP contribution < -0.4 is 16.8 Å². The zero-order valence-electron chi connectivity index (χ0n) is 10.3. The van der Waals surface area contributed by atoms with Gasteiger partial charge in [-0.15, -0.1) is 0 Å². The maximum Gasteiger partial charge on any atom is 0.149 e. The molecule has 0 radical (unpaired) electrons. The molecule has 0 spiro atoms. The summed E-state index contributed by atoms with van der Waals surface area (Å²) in [7, 11) is 0. The predicted octanol–water partition coefficient (Wildman–Crippen LogP) is 2.09. The van der Waals surface area contributed by atoms with Gasteiger partial charge in [0.05, 0.1) is 5.69 Å². The van der Waals surface area contributed by atoms with E-state index in [2.05, 4.69) is 38.0 Å². The summed E-state index contributed by atoms with van der Waals surface area (Å²) in [4.78, 5) is 4.23. The van der Waals surface area contributed by atoms with Gasteiger partial charge < -0.3 is 16.8 Å². The number of aromatic nitrogens is 1. The van der Waals surface area contributed by atoms with E-state index in [0.29, 0.717) is 17.5 Å². The maximum absolute atomic E-state index is 5.68. The van der Waals surface area contributed by atoms with E-state index in [4.69, 9.17) is 11.5 Å². The topological polar surface area (TPSA) is 77.0 Å². The van der Waals surface area contributed by atoms with Gasteiger partial charge in [0.15, 0.2) is 0 Å². The van der Waals surface area contributed by atoms with Gasteiger partial charge in [-0.3, -0.25) is 0 Å². The Balaban J connectivity index is 2.15. The smallest absolute Gasteiger partial charge is 0.149 e. The Bertz CT molecular complexity index is 409. The van der Waals surface area contributed by atoms with Gasteiger partial charge in [-0.1, -0.05) is 27.7 Å². The molecule has 16 heavy (non-hydrogen) atoms. The molecule has 0 amide bonds. The number of anilines is 3. The van der Waals surface area contributed by atoms with E-state index < -0.39 is 0 Å². The quantitative estimate of drug-likeness (QED) is 0.713. The Morgan fingerprint density at radius 3 is 2.12 bits per heavy atom. The zero-order valence-corrected chi connectivity index (χ0v) is 10.3. The molecular formula is C12H20N4. The average Bonchev–Trinajstić information content (AvgIpc) is 2.54. The molecule has 4 nitrogen and oxygen atoms in total. The molecule has 0 bridgehead atoms. The lowest BCUT2D eigenvalue weighted by Gasteiger charge is -2.08. The number of nitrogens with zero attached hydrogens (tertiary/aromatic N) is 1. The maximum atomic E-state index is 5.68. The predicted molar refractivity (Wildman–Crippen MR) is 68.0 cm³/mol. The summed E-state index contributed by atoms with van der Waals surface area (Å²) in [6.07, 6.45) is 0. The fraction of sp³-hybridized carbons (Fsp3) is 0.583. The van der Waals surface area contributed by atoms with Crippen LogP contribution in [0.15, 0.2) is 12.1 Å². The van der Waals surface area contributed by atoms with Crippen molar-refractivity contribution in [3.05, 3.63) is 12.1 Å². The van der Waals surface area contributed by atoms with Crippen LogP contribution in [-0.4, -0.2) is 11.0 Å². The zero-order chi connectivity index (χ0) is 12.1. The normalized spacial score (nSPS) is 21.8. The molecular weight excluding hydrogens is 200 g/mol. The summed E-state index contributed by atoms with van der Waals surface area (Å²) in [6.45, 7) is 9.02. The van der Waals surface area contributed by atoms with E-state index in [0.717, 1.165) is 5.82 Å². The molecule has 5 N–H and O–H groups in total. The van der Waals surface area contributed by atoms with E-state index in [9.17, 15) is 0 Å². The van der Waals surface area contributed by atoms with Gasteiger partial charge in [0.2, 0.25) is 0 Å². The molecule has 1 heterocycles. The van der Waals surface area contributed by atoms with Crippen molar-refractivity contribution in [1.29, 1.82) is 0 Å². The van der Waals surface area contributed by atoms with Crippen LogP contribution in [0.3, 0.4) is 0 Å². The molecule has 1 saturated carbocycles. The van der Waals surface area contributed by atoms with E-state index in [1.54, 1.807) is 6.07 Å². The van der Waals surface area contributed by atoms with Crippen LogP contribution in [0.4, 0.5) is 17.3 Å². The van der Waals surface area contributed by atoms with E-state index >= 15 is 0 Å². The summed E-state index contributed by atoms with van der Waals surface area (Å²) < 4.78 is 0. The molecule has 1 fully saturated rings. The van der Waals surface area contributed by atoms with Crippen molar-refractivity contribution in [3.8, 4) is 0 Å². The van der Waals surface area contributed by atoms with Crippen LogP contribution in [0, 0.1) is 10.8 Å². The van der Waals surface area contributed by atoms with Gasteiger partial charge in [0.1, 0.15) is 11.6 Å². The first-order valence-electron chi connectivity index (χ1n) is 5.55. The number of nitrogens with two attached hydrogens (primary N) is 2. The second-order valence-electron chi connectivity index (χ2n) is 5.69.